The molecule has 0 amide bonds. The number of rotatable bonds is 4. The van der Waals surface area contributed by atoms with Gasteiger partial charge in [0.15, 0.2) is 0 Å². The number of aromatic nitrogens is 3. The molecule has 134 valence electrons. The van der Waals surface area contributed by atoms with Crippen LogP contribution in [0.15, 0.2) is 67.0 Å². The van der Waals surface area contributed by atoms with Crippen molar-refractivity contribution in [2.45, 2.75) is 13.3 Å². The minimum absolute atomic E-state index is 0.317. The van der Waals surface area contributed by atoms with E-state index < -0.39 is 0 Å². The molecule has 27 heavy (non-hydrogen) atoms. The van der Waals surface area contributed by atoms with Crippen molar-refractivity contribution in [3.8, 4) is 33.9 Å². The maximum Gasteiger partial charge on any atom is 0.141 e. The summed E-state index contributed by atoms with van der Waals surface area (Å²) in [6, 6.07) is 14.8. The number of pyridine rings is 1. The molecule has 0 radical (unpaired) electrons. The minimum Gasteiger partial charge on any atom is -0.337 e. The number of hydrogen-bond donors (Lipinski definition) is 1. The first-order valence-corrected chi connectivity index (χ1v) is 8.71. The summed E-state index contributed by atoms with van der Waals surface area (Å²) in [5.74, 6) is -0.187. The Hall–Kier alpha value is -3.34. The second-order valence-electron chi connectivity index (χ2n) is 6.18. The van der Waals surface area contributed by atoms with Gasteiger partial charge in [0.1, 0.15) is 17.5 Å². The number of hydrogen-bond acceptors (Lipinski definition) is 2. The zero-order chi connectivity index (χ0) is 18.8. The van der Waals surface area contributed by atoms with Crippen LogP contribution in [0.3, 0.4) is 0 Å². The molecule has 0 atom stereocenters. The van der Waals surface area contributed by atoms with E-state index in [1.54, 1.807) is 30.6 Å². The fraction of sp³-hybridized carbons (Fsp3) is 0.0909. The van der Waals surface area contributed by atoms with Crippen LogP contribution in [0, 0.1) is 11.6 Å². The van der Waals surface area contributed by atoms with E-state index in [0.29, 0.717) is 23.5 Å². The van der Waals surface area contributed by atoms with Gasteiger partial charge in [0.05, 0.1) is 17.0 Å². The van der Waals surface area contributed by atoms with Crippen molar-refractivity contribution in [1.29, 1.82) is 0 Å². The van der Waals surface area contributed by atoms with Crippen molar-refractivity contribution < 1.29 is 8.78 Å². The number of aryl methyl sites for hydroxylation is 1. The van der Waals surface area contributed by atoms with E-state index in [-0.39, 0.29) is 11.6 Å². The number of imidazole rings is 1. The molecule has 0 aliphatic heterocycles. The van der Waals surface area contributed by atoms with Crippen LogP contribution in [0.25, 0.3) is 33.9 Å². The number of H-pyrrole nitrogens is 1. The normalized spacial score (nSPS) is 10.9. The zero-order valence-electron chi connectivity index (χ0n) is 14.7. The standard InChI is InChI=1S/C22H17F2N3/c1-2-14-4-3-5-18(24)19(14)22-26-20(15-6-8-17(23)9-7-15)21(27-22)16-10-12-25-13-11-16/h3-13H,2H2,1H3,(H,26,27). The van der Waals surface area contributed by atoms with E-state index in [1.165, 1.54) is 18.2 Å². The highest BCUT2D eigenvalue weighted by Gasteiger charge is 2.19. The molecule has 0 unspecified atom stereocenters. The Kier molecular flexibility index (Phi) is 4.50. The average Bonchev–Trinajstić information content (AvgIpc) is 3.14. The SMILES string of the molecule is CCc1cccc(F)c1-c1nc(-c2ccc(F)cc2)c(-c2ccncc2)[nH]1. The Morgan fingerprint density at radius 2 is 1.63 bits per heavy atom. The van der Waals surface area contributed by atoms with Gasteiger partial charge in [-0.2, -0.15) is 0 Å². The van der Waals surface area contributed by atoms with E-state index in [4.69, 9.17) is 0 Å². The first-order valence-electron chi connectivity index (χ1n) is 8.71. The van der Waals surface area contributed by atoms with Crippen LogP contribution in [-0.2, 0) is 6.42 Å². The lowest BCUT2D eigenvalue weighted by Crippen LogP contribution is -1.93. The molecule has 0 bridgehead atoms. The largest absolute Gasteiger partial charge is 0.337 e. The van der Waals surface area contributed by atoms with Crippen molar-refractivity contribution >= 4 is 0 Å². The van der Waals surface area contributed by atoms with E-state index in [2.05, 4.69) is 15.0 Å². The Labute approximate surface area is 155 Å². The predicted molar refractivity (Wildman–Crippen MR) is 102 cm³/mol. The first-order chi connectivity index (χ1) is 13.2. The van der Waals surface area contributed by atoms with Gasteiger partial charge >= 0.3 is 0 Å². The van der Waals surface area contributed by atoms with Gasteiger partial charge in [-0.15, -0.1) is 0 Å². The number of nitrogens with zero attached hydrogens (tertiary/aromatic N) is 2. The van der Waals surface area contributed by atoms with Crippen molar-refractivity contribution in [3.63, 3.8) is 0 Å². The van der Waals surface area contributed by atoms with E-state index >= 15 is 0 Å². The molecule has 2 heterocycles. The molecule has 0 saturated carbocycles. The smallest absolute Gasteiger partial charge is 0.141 e. The van der Waals surface area contributed by atoms with Gasteiger partial charge in [-0.1, -0.05) is 19.1 Å². The van der Waals surface area contributed by atoms with Crippen LogP contribution in [0.5, 0.6) is 0 Å². The Morgan fingerprint density at radius 3 is 2.33 bits per heavy atom. The van der Waals surface area contributed by atoms with Crippen LogP contribution in [0.2, 0.25) is 0 Å². The lowest BCUT2D eigenvalue weighted by atomic mass is 10.0. The summed E-state index contributed by atoms with van der Waals surface area (Å²) < 4.78 is 28.0. The molecule has 0 fully saturated rings. The quantitative estimate of drug-likeness (QED) is 0.511. The van der Waals surface area contributed by atoms with Gasteiger partial charge in [-0.25, -0.2) is 13.8 Å². The van der Waals surface area contributed by atoms with Crippen molar-refractivity contribution in [3.05, 3.63) is 84.2 Å². The third kappa shape index (κ3) is 3.24. The second kappa shape index (κ2) is 7.11. The zero-order valence-corrected chi connectivity index (χ0v) is 14.7. The molecule has 0 aliphatic rings. The maximum absolute atomic E-state index is 14.6. The third-order valence-electron chi connectivity index (χ3n) is 4.51. The molecule has 3 nitrogen and oxygen atoms in total. The predicted octanol–water partition coefficient (Wildman–Crippen LogP) is 5.65. The lowest BCUT2D eigenvalue weighted by Gasteiger charge is -2.06. The molecule has 4 rings (SSSR count). The first kappa shape index (κ1) is 17.1. The Morgan fingerprint density at radius 1 is 0.889 bits per heavy atom. The molecule has 4 aromatic rings. The van der Waals surface area contributed by atoms with Gasteiger partial charge in [0.25, 0.3) is 0 Å². The fourth-order valence-electron chi connectivity index (χ4n) is 3.16. The third-order valence-corrected chi connectivity index (χ3v) is 4.51. The Bertz CT molecular complexity index is 1070. The monoisotopic (exact) mass is 361 g/mol. The molecule has 0 saturated heterocycles. The van der Waals surface area contributed by atoms with Crippen LogP contribution >= 0.6 is 0 Å². The summed E-state index contributed by atoms with van der Waals surface area (Å²) in [5.41, 5.74) is 4.34. The van der Waals surface area contributed by atoms with Crippen molar-refractivity contribution in [2.75, 3.05) is 0 Å². The van der Waals surface area contributed by atoms with E-state index in [0.717, 1.165) is 22.4 Å². The summed E-state index contributed by atoms with van der Waals surface area (Å²) in [5, 5.41) is 0. The van der Waals surface area contributed by atoms with Crippen LogP contribution in [0.1, 0.15) is 12.5 Å². The van der Waals surface area contributed by atoms with Crippen molar-refractivity contribution in [1.82, 2.24) is 15.0 Å². The summed E-state index contributed by atoms with van der Waals surface area (Å²) in [6.07, 6.45) is 4.06. The number of halogens is 2. The molecule has 0 aliphatic carbocycles. The molecule has 2 aromatic carbocycles. The summed E-state index contributed by atoms with van der Waals surface area (Å²) in [4.78, 5) is 12.0. The molecular formula is C22H17F2N3. The Balaban J connectivity index is 1.95. The highest BCUT2D eigenvalue weighted by Crippen LogP contribution is 2.34. The van der Waals surface area contributed by atoms with E-state index in [1.807, 2.05) is 25.1 Å². The molecule has 5 heteroatoms. The van der Waals surface area contributed by atoms with E-state index in [9.17, 15) is 8.78 Å². The second-order valence-corrected chi connectivity index (χ2v) is 6.18. The minimum atomic E-state index is -0.324. The van der Waals surface area contributed by atoms with Crippen LogP contribution in [0.4, 0.5) is 8.78 Å². The highest BCUT2D eigenvalue weighted by atomic mass is 19.1. The summed E-state index contributed by atoms with van der Waals surface area (Å²) in [7, 11) is 0. The summed E-state index contributed by atoms with van der Waals surface area (Å²) >= 11 is 0. The van der Waals surface area contributed by atoms with Crippen LogP contribution in [-0.4, -0.2) is 15.0 Å². The van der Waals surface area contributed by atoms with Gasteiger partial charge in [-0.3, -0.25) is 4.98 Å². The molecular weight excluding hydrogens is 344 g/mol. The lowest BCUT2D eigenvalue weighted by molar-refractivity contribution is 0.628. The summed E-state index contributed by atoms with van der Waals surface area (Å²) in [6.45, 7) is 1.98. The van der Waals surface area contributed by atoms with Gasteiger partial charge in [0.2, 0.25) is 0 Å². The van der Waals surface area contributed by atoms with Gasteiger partial charge in [-0.05, 0) is 54.4 Å². The number of aromatic amines is 1. The molecule has 1 N–H and O–H groups in total. The van der Waals surface area contributed by atoms with Gasteiger partial charge in [0, 0.05) is 23.5 Å². The van der Waals surface area contributed by atoms with Gasteiger partial charge < -0.3 is 4.98 Å². The topological polar surface area (TPSA) is 41.6 Å². The number of benzene rings is 2. The molecule has 0 spiro atoms. The highest BCUT2D eigenvalue weighted by molar-refractivity contribution is 5.81. The fourth-order valence-corrected chi connectivity index (χ4v) is 3.16. The average molecular weight is 361 g/mol. The van der Waals surface area contributed by atoms with Crippen molar-refractivity contribution in [2.24, 2.45) is 0 Å². The molecule has 2 aromatic heterocycles. The number of nitrogens with one attached hydrogen (secondary N) is 1. The van der Waals surface area contributed by atoms with Crippen LogP contribution < -0.4 is 0 Å². The maximum atomic E-state index is 14.6.